The van der Waals surface area contributed by atoms with Gasteiger partial charge in [0.2, 0.25) is 11.9 Å². The molecule has 2 amide bonds. The minimum atomic E-state index is -0.733. The molecule has 0 aliphatic rings. The van der Waals surface area contributed by atoms with Crippen molar-refractivity contribution in [2.24, 2.45) is 5.92 Å². The van der Waals surface area contributed by atoms with Gasteiger partial charge < -0.3 is 19.8 Å². The number of rotatable bonds is 10. The van der Waals surface area contributed by atoms with Crippen molar-refractivity contribution >= 4 is 28.8 Å². The molecule has 3 N–H and O–H groups in total. The van der Waals surface area contributed by atoms with Crippen LogP contribution in [-0.4, -0.2) is 41.0 Å². The molecule has 2 atom stereocenters. The number of aromatic amines is 1. The van der Waals surface area contributed by atoms with E-state index in [1.165, 1.54) is 0 Å². The molecule has 8 nitrogen and oxygen atoms in total. The molecule has 2 aromatic carbocycles. The minimum absolute atomic E-state index is 0.0858. The summed E-state index contributed by atoms with van der Waals surface area (Å²) in [5.74, 6) is 0.637. The number of anilines is 1. The lowest BCUT2D eigenvalue weighted by Gasteiger charge is -2.23. The average molecular weight is 439 g/mol. The summed E-state index contributed by atoms with van der Waals surface area (Å²) in [5, 5.41) is 5.67. The molecule has 0 spiro atoms. The molecule has 1 aromatic heterocycles. The average Bonchev–Trinajstić information content (AvgIpc) is 3.20. The van der Waals surface area contributed by atoms with Crippen LogP contribution in [0.5, 0.6) is 11.5 Å². The van der Waals surface area contributed by atoms with E-state index < -0.39 is 6.04 Å². The number of imidazole rings is 1. The first-order valence-electron chi connectivity index (χ1n) is 10.9. The topological polar surface area (TPSA) is 105 Å². The Bertz CT molecular complexity index is 1050. The summed E-state index contributed by atoms with van der Waals surface area (Å²) in [7, 11) is 0. The highest BCUT2D eigenvalue weighted by Gasteiger charge is 2.27. The molecule has 0 saturated heterocycles. The molecule has 0 radical (unpaired) electrons. The van der Waals surface area contributed by atoms with Gasteiger partial charge in [-0.3, -0.25) is 14.9 Å². The second kappa shape index (κ2) is 10.7. The summed E-state index contributed by atoms with van der Waals surface area (Å²) < 4.78 is 11.2. The Morgan fingerprint density at radius 1 is 1.03 bits per heavy atom. The SMILES string of the molecule is CCOc1ccc(C(=O)N[C@@H](C(=O)Nc2nc3ccccc3[nH]2)[C@H](C)CC)cc1OCC. The summed E-state index contributed by atoms with van der Waals surface area (Å²) in [6.45, 7) is 8.58. The lowest BCUT2D eigenvalue weighted by Crippen LogP contribution is -2.47. The van der Waals surface area contributed by atoms with E-state index in [2.05, 4.69) is 20.6 Å². The lowest BCUT2D eigenvalue weighted by atomic mass is 9.98. The van der Waals surface area contributed by atoms with Crippen LogP contribution in [0, 0.1) is 5.92 Å². The molecular formula is C24H30N4O4. The fourth-order valence-corrected chi connectivity index (χ4v) is 3.33. The number of benzene rings is 2. The number of H-pyrrole nitrogens is 1. The number of ether oxygens (including phenoxy) is 2. The Balaban J connectivity index is 1.77. The zero-order chi connectivity index (χ0) is 23.1. The fourth-order valence-electron chi connectivity index (χ4n) is 3.33. The number of carbonyl (C=O) groups is 2. The zero-order valence-electron chi connectivity index (χ0n) is 18.9. The smallest absolute Gasteiger partial charge is 0.252 e. The molecule has 1 heterocycles. The highest BCUT2D eigenvalue weighted by atomic mass is 16.5. The number of fused-ring (bicyclic) bond motifs is 1. The molecule has 0 aliphatic carbocycles. The number of hydrogen-bond acceptors (Lipinski definition) is 5. The van der Waals surface area contributed by atoms with E-state index in [0.29, 0.717) is 42.6 Å². The molecule has 3 rings (SSSR count). The van der Waals surface area contributed by atoms with Crippen molar-refractivity contribution < 1.29 is 19.1 Å². The van der Waals surface area contributed by atoms with Crippen LogP contribution in [-0.2, 0) is 4.79 Å². The van der Waals surface area contributed by atoms with Crippen LogP contribution in [0.2, 0.25) is 0 Å². The Labute approximate surface area is 187 Å². The van der Waals surface area contributed by atoms with Crippen LogP contribution < -0.4 is 20.1 Å². The fraction of sp³-hybridized carbons (Fsp3) is 0.375. The third kappa shape index (κ3) is 5.38. The van der Waals surface area contributed by atoms with Crippen molar-refractivity contribution in [1.29, 1.82) is 0 Å². The first-order valence-corrected chi connectivity index (χ1v) is 10.9. The van der Waals surface area contributed by atoms with Gasteiger partial charge in [-0.15, -0.1) is 0 Å². The normalized spacial score (nSPS) is 12.8. The van der Waals surface area contributed by atoms with Gasteiger partial charge in [-0.05, 0) is 50.1 Å². The van der Waals surface area contributed by atoms with Crippen molar-refractivity contribution in [3.8, 4) is 11.5 Å². The maximum Gasteiger partial charge on any atom is 0.252 e. The maximum absolute atomic E-state index is 13.0. The van der Waals surface area contributed by atoms with Crippen LogP contribution in [0.1, 0.15) is 44.5 Å². The van der Waals surface area contributed by atoms with Gasteiger partial charge in [0, 0.05) is 5.56 Å². The third-order valence-electron chi connectivity index (χ3n) is 5.22. The van der Waals surface area contributed by atoms with E-state index in [0.717, 1.165) is 11.0 Å². The molecular weight excluding hydrogens is 408 g/mol. The molecule has 0 saturated carbocycles. The van der Waals surface area contributed by atoms with E-state index >= 15 is 0 Å². The Hall–Kier alpha value is -3.55. The number of carbonyl (C=O) groups excluding carboxylic acids is 2. The predicted molar refractivity (Wildman–Crippen MR) is 124 cm³/mol. The minimum Gasteiger partial charge on any atom is -0.490 e. The highest BCUT2D eigenvalue weighted by molar-refractivity contribution is 6.01. The van der Waals surface area contributed by atoms with Crippen molar-refractivity contribution in [3.05, 3.63) is 48.0 Å². The van der Waals surface area contributed by atoms with Gasteiger partial charge in [0.05, 0.1) is 24.2 Å². The van der Waals surface area contributed by atoms with Gasteiger partial charge in [-0.25, -0.2) is 4.98 Å². The number of nitrogens with one attached hydrogen (secondary N) is 3. The van der Waals surface area contributed by atoms with Crippen LogP contribution in [0.15, 0.2) is 42.5 Å². The number of aromatic nitrogens is 2. The number of amides is 2. The Morgan fingerprint density at radius 2 is 1.75 bits per heavy atom. The predicted octanol–water partition coefficient (Wildman–Crippen LogP) is 4.14. The van der Waals surface area contributed by atoms with Crippen LogP contribution in [0.3, 0.4) is 0 Å². The van der Waals surface area contributed by atoms with Crippen LogP contribution in [0.4, 0.5) is 5.95 Å². The summed E-state index contributed by atoms with van der Waals surface area (Å²) in [4.78, 5) is 33.5. The molecule has 170 valence electrons. The summed E-state index contributed by atoms with van der Waals surface area (Å²) in [6, 6.07) is 11.8. The largest absolute Gasteiger partial charge is 0.490 e. The Kier molecular flexibility index (Phi) is 7.70. The summed E-state index contributed by atoms with van der Waals surface area (Å²) >= 11 is 0. The van der Waals surface area contributed by atoms with Crippen molar-refractivity contribution in [1.82, 2.24) is 15.3 Å². The summed E-state index contributed by atoms with van der Waals surface area (Å²) in [5.41, 5.74) is 1.97. The molecule has 0 aliphatic heterocycles. The quantitative estimate of drug-likeness (QED) is 0.441. The molecule has 0 unspecified atom stereocenters. The first kappa shape index (κ1) is 23.1. The van der Waals surface area contributed by atoms with Gasteiger partial charge in [-0.1, -0.05) is 32.4 Å². The van der Waals surface area contributed by atoms with E-state index in [4.69, 9.17) is 9.47 Å². The summed E-state index contributed by atoms with van der Waals surface area (Å²) in [6.07, 6.45) is 0.714. The monoisotopic (exact) mass is 438 g/mol. The number of nitrogens with zero attached hydrogens (tertiary/aromatic N) is 1. The van der Waals surface area contributed by atoms with Gasteiger partial charge in [0.15, 0.2) is 11.5 Å². The van der Waals surface area contributed by atoms with Crippen molar-refractivity contribution in [3.63, 3.8) is 0 Å². The standard InChI is InChI=1S/C24H30N4O4/c1-5-15(4)21(23(30)28-24-25-17-10-8-9-11-18(17)26-24)27-22(29)16-12-13-19(31-6-2)20(14-16)32-7-3/h8-15,21H,5-7H2,1-4H3,(H,27,29)(H2,25,26,28,30)/t15-,21-/m1/s1. The second-order valence-electron chi connectivity index (χ2n) is 7.46. The van der Waals surface area contributed by atoms with Gasteiger partial charge in [-0.2, -0.15) is 0 Å². The molecule has 3 aromatic rings. The van der Waals surface area contributed by atoms with Crippen LogP contribution >= 0.6 is 0 Å². The van der Waals surface area contributed by atoms with Gasteiger partial charge >= 0.3 is 0 Å². The first-order chi connectivity index (χ1) is 15.5. The number of para-hydroxylation sites is 2. The van der Waals surface area contributed by atoms with Gasteiger partial charge in [0.1, 0.15) is 6.04 Å². The van der Waals surface area contributed by atoms with E-state index in [1.807, 2.05) is 52.0 Å². The van der Waals surface area contributed by atoms with E-state index in [9.17, 15) is 9.59 Å². The van der Waals surface area contributed by atoms with Crippen molar-refractivity contribution in [2.75, 3.05) is 18.5 Å². The number of hydrogen-bond donors (Lipinski definition) is 3. The zero-order valence-corrected chi connectivity index (χ0v) is 18.9. The van der Waals surface area contributed by atoms with E-state index in [-0.39, 0.29) is 17.7 Å². The van der Waals surface area contributed by atoms with Gasteiger partial charge in [0.25, 0.3) is 5.91 Å². The van der Waals surface area contributed by atoms with E-state index in [1.54, 1.807) is 18.2 Å². The molecule has 0 fully saturated rings. The Morgan fingerprint density at radius 3 is 2.44 bits per heavy atom. The van der Waals surface area contributed by atoms with Crippen molar-refractivity contribution in [2.45, 2.75) is 40.2 Å². The van der Waals surface area contributed by atoms with Crippen LogP contribution in [0.25, 0.3) is 11.0 Å². The third-order valence-corrected chi connectivity index (χ3v) is 5.22. The molecule has 0 bridgehead atoms. The molecule has 32 heavy (non-hydrogen) atoms. The molecule has 8 heteroatoms. The highest BCUT2D eigenvalue weighted by Crippen LogP contribution is 2.28. The lowest BCUT2D eigenvalue weighted by molar-refractivity contribution is -0.119. The maximum atomic E-state index is 13.0. The second-order valence-corrected chi connectivity index (χ2v) is 7.46.